The molecule has 2 N–H and O–H groups in total. The van der Waals surface area contributed by atoms with Gasteiger partial charge in [-0.2, -0.15) is 10.4 Å². The molecule has 0 aliphatic heterocycles. The molecule has 6 nitrogen and oxygen atoms in total. The summed E-state index contributed by atoms with van der Waals surface area (Å²) in [7, 11) is 0. The number of aliphatic hydroxyl groups excluding tert-OH is 1. The number of benzene rings is 1. The maximum absolute atomic E-state index is 13.3. The fourth-order valence-corrected chi connectivity index (χ4v) is 2.40. The highest BCUT2D eigenvalue weighted by Crippen LogP contribution is 2.27. The lowest BCUT2D eigenvalue weighted by atomic mass is 9.98. The van der Waals surface area contributed by atoms with E-state index in [0.717, 1.165) is 5.56 Å². The standard InChI is InChI=1S/C17H13FN4O2/c1-10-4-13(18)2-3-14(10)15-8-20-16(5-11(15)6-19)22-9-12(7-21-22)17(23)24/h2-5,7-9,17,23-24H,1H3. The van der Waals surface area contributed by atoms with E-state index in [2.05, 4.69) is 16.2 Å². The molecule has 0 fully saturated rings. The smallest absolute Gasteiger partial charge is 0.181 e. The third-order valence-electron chi connectivity index (χ3n) is 3.62. The molecule has 2 heterocycles. The summed E-state index contributed by atoms with van der Waals surface area (Å²) < 4.78 is 14.6. The van der Waals surface area contributed by atoms with Crippen LogP contribution in [0.4, 0.5) is 4.39 Å². The fraction of sp³-hybridized carbons (Fsp3) is 0.118. The molecule has 0 saturated carbocycles. The van der Waals surface area contributed by atoms with Crippen molar-refractivity contribution in [1.29, 1.82) is 5.26 Å². The van der Waals surface area contributed by atoms with Crippen LogP contribution >= 0.6 is 0 Å². The number of nitriles is 1. The summed E-state index contributed by atoms with van der Waals surface area (Å²) in [6.07, 6.45) is 2.61. The highest BCUT2D eigenvalue weighted by Gasteiger charge is 2.13. The third-order valence-corrected chi connectivity index (χ3v) is 3.62. The molecule has 0 radical (unpaired) electrons. The van der Waals surface area contributed by atoms with Crippen molar-refractivity contribution in [3.8, 4) is 23.0 Å². The van der Waals surface area contributed by atoms with Crippen molar-refractivity contribution >= 4 is 0 Å². The minimum Gasteiger partial charge on any atom is -0.364 e. The number of halogens is 1. The van der Waals surface area contributed by atoms with E-state index in [-0.39, 0.29) is 11.4 Å². The van der Waals surface area contributed by atoms with Gasteiger partial charge < -0.3 is 10.2 Å². The first-order chi connectivity index (χ1) is 11.5. The first kappa shape index (κ1) is 15.8. The van der Waals surface area contributed by atoms with Gasteiger partial charge in [0.1, 0.15) is 5.82 Å². The Kier molecular flexibility index (Phi) is 4.08. The summed E-state index contributed by atoms with van der Waals surface area (Å²) in [6.45, 7) is 1.76. The predicted octanol–water partition coefficient (Wildman–Crippen LogP) is 2.24. The van der Waals surface area contributed by atoms with Gasteiger partial charge in [-0.05, 0) is 30.2 Å². The van der Waals surface area contributed by atoms with E-state index in [9.17, 15) is 9.65 Å². The van der Waals surface area contributed by atoms with Crippen LogP contribution in [-0.2, 0) is 0 Å². The SMILES string of the molecule is Cc1cc(F)ccc1-c1cnc(-n2cc(C(O)O)cn2)cc1C#N. The summed E-state index contributed by atoms with van der Waals surface area (Å²) in [6, 6.07) is 7.98. The highest BCUT2D eigenvalue weighted by molar-refractivity contribution is 5.73. The zero-order chi connectivity index (χ0) is 17.3. The summed E-state index contributed by atoms with van der Waals surface area (Å²) in [5, 5.41) is 31.7. The van der Waals surface area contributed by atoms with Crippen LogP contribution in [0, 0.1) is 24.1 Å². The van der Waals surface area contributed by atoms with Gasteiger partial charge in [0, 0.05) is 29.6 Å². The maximum atomic E-state index is 13.3. The molecule has 0 spiro atoms. The molecule has 24 heavy (non-hydrogen) atoms. The van der Waals surface area contributed by atoms with E-state index in [1.165, 1.54) is 35.4 Å². The molecule has 0 bridgehead atoms. The normalized spacial score (nSPS) is 10.8. The monoisotopic (exact) mass is 324 g/mol. The second kappa shape index (κ2) is 6.20. The van der Waals surface area contributed by atoms with Gasteiger partial charge in [0.25, 0.3) is 0 Å². The molecule has 0 unspecified atom stereocenters. The molecule has 0 aliphatic carbocycles. The highest BCUT2D eigenvalue weighted by atomic mass is 19.1. The van der Waals surface area contributed by atoms with Crippen LogP contribution in [0.5, 0.6) is 0 Å². The molecule has 3 rings (SSSR count). The number of aliphatic hydroxyl groups is 2. The fourth-order valence-electron chi connectivity index (χ4n) is 2.40. The van der Waals surface area contributed by atoms with E-state index < -0.39 is 6.29 Å². The minimum atomic E-state index is -1.63. The van der Waals surface area contributed by atoms with Gasteiger partial charge in [-0.1, -0.05) is 6.07 Å². The van der Waals surface area contributed by atoms with Crippen molar-refractivity contribution in [2.24, 2.45) is 0 Å². The van der Waals surface area contributed by atoms with Crippen molar-refractivity contribution < 1.29 is 14.6 Å². The molecule has 0 saturated heterocycles. The molecule has 7 heteroatoms. The zero-order valence-electron chi connectivity index (χ0n) is 12.7. The van der Waals surface area contributed by atoms with Crippen LogP contribution in [0.25, 0.3) is 16.9 Å². The summed E-state index contributed by atoms with van der Waals surface area (Å²) in [4.78, 5) is 4.26. The van der Waals surface area contributed by atoms with Crippen LogP contribution in [0.2, 0.25) is 0 Å². The van der Waals surface area contributed by atoms with Crippen molar-refractivity contribution in [3.05, 3.63) is 65.4 Å². The molecule has 3 aromatic rings. The average Bonchev–Trinajstić information content (AvgIpc) is 3.05. The first-order valence-corrected chi connectivity index (χ1v) is 7.07. The molecule has 0 aliphatic rings. The van der Waals surface area contributed by atoms with Crippen molar-refractivity contribution in [1.82, 2.24) is 14.8 Å². The largest absolute Gasteiger partial charge is 0.364 e. The van der Waals surface area contributed by atoms with E-state index >= 15 is 0 Å². The van der Waals surface area contributed by atoms with Crippen LogP contribution < -0.4 is 0 Å². The Morgan fingerprint density at radius 2 is 2.00 bits per heavy atom. The van der Waals surface area contributed by atoms with Crippen molar-refractivity contribution in [2.45, 2.75) is 13.2 Å². The molecule has 0 amide bonds. The zero-order valence-corrected chi connectivity index (χ0v) is 12.7. The quantitative estimate of drug-likeness (QED) is 0.720. The van der Waals surface area contributed by atoms with E-state index in [1.54, 1.807) is 19.1 Å². The Balaban J connectivity index is 2.06. The number of aryl methyl sites for hydroxylation is 1. The van der Waals surface area contributed by atoms with Crippen molar-refractivity contribution in [2.75, 3.05) is 0 Å². The van der Waals surface area contributed by atoms with Crippen molar-refractivity contribution in [3.63, 3.8) is 0 Å². The topological polar surface area (TPSA) is 95.0 Å². The Bertz CT molecular complexity index is 944. The lowest BCUT2D eigenvalue weighted by Crippen LogP contribution is -2.00. The first-order valence-electron chi connectivity index (χ1n) is 7.07. The predicted molar refractivity (Wildman–Crippen MR) is 83.4 cm³/mol. The molecule has 2 aromatic heterocycles. The van der Waals surface area contributed by atoms with E-state index in [1.807, 2.05) is 0 Å². The van der Waals surface area contributed by atoms with E-state index in [4.69, 9.17) is 10.2 Å². The number of pyridine rings is 1. The van der Waals surface area contributed by atoms with Gasteiger partial charge >= 0.3 is 0 Å². The van der Waals surface area contributed by atoms with Gasteiger partial charge in [-0.15, -0.1) is 0 Å². The number of hydrogen-bond donors (Lipinski definition) is 2. The Labute approximate surface area is 137 Å². The Morgan fingerprint density at radius 1 is 1.21 bits per heavy atom. The Hall–Kier alpha value is -3.08. The van der Waals surface area contributed by atoms with Crippen LogP contribution in [0.3, 0.4) is 0 Å². The van der Waals surface area contributed by atoms with Crippen LogP contribution in [0.1, 0.15) is 23.0 Å². The number of nitrogens with zero attached hydrogens (tertiary/aromatic N) is 4. The lowest BCUT2D eigenvalue weighted by Gasteiger charge is -2.09. The summed E-state index contributed by atoms with van der Waals surface area (Å²) >= 11 is 0. The second-order valence-corrected chi connectivity index (χ2v) is 5.25. The average molecular weight is 324 g/mol. The van der Waals surface area contributed by atoms with Crippen LogP contribution in [0.15, 0.2) is 42.9 Å². The van der Waals surface area contributed by atoms with Gasteiger partial charge in [-0.3, -0.25) is 0 Å². The molecule has 1 aromatic carbocycles. The number of aromatic nitrogens is 3. The van der Waals surface area contributed by atoms with Gasteiger partial charge in [0.15, 0.2) is 12.1 Å². The second-order valence-electron chi connectivity index (χ2n) is 5.25. The summed E-state index contributed by atoms with van der Waals surface area (Å²) in [5.41, 5.74) is 2.59. The lowest BCUT2D eigenvalue weighted by molar-refractivity contribution is -0.0425. The third kappa shape index (κ3) is 2.88. The molecular formula is C17H13FN4O2. The molecule has 120 valence electrons. The van der Waals surface area contributed by atoms with Gasteiger partial charge in [-0.25, -0.2) is 14.1 Å². The Morgan fingerprint density at radius 3 is 2.62 bits per heavy atom. The summed E-state index contributed by atoms with van der Waals surface area (Å²) in [5.74, 6) is 0.0212. The molecular weight excluding hydrogens is 311 g/mol. The molecule has 0 atom stereocenters. The van der Waals surface area contributed by atoms with Gasteiger partial charge in [0.2, 0.25) is 0 Å². The van der Waals surface area contributed by atoms with E-state index in [0.29, 0.717) is 22.5 Å². The van der Waals surface area contributed by atoms with Gasteiger partial charge in [0.05, 0.1) is 17.8 Å². The maximum Gasteiger partial charge on any atom is 0.181 e. The minimum absolute atomic E-state index is 0.216. The number of rotatable bonds is 3. The number of hydrogen-bond acceptors (Lipinski definition) is 5. The van der Waals surface area contributed by atoms with Crippen LogP contribution in [-0.4, -0.2) is 25.0 Å².